The van der Waals surface area contributed by atoms with Crippen molar-refractivity contribution >= 4 is 27.3 Å². The van der Waals surface area contributed by atoms with Crippen LogP contribution in [0, 0.1) is 11.3 Å². The number of hydrogen-bond donors (Lipinski definition) is 1. The van der Waals surface area contributed by atoms with Crippen LogP contribution in [0.3, 0.4) is 0 Å². The van der Waals surface area contributed by atoms with Gasteiger partial charge in [0.2, 0.25) is 0 Å². The number of benzene rings is 1. The Morgan fingerprint density at radius 2 is 2.21 bits per heavy atom. The fraction of sp³-hybridized carbons (Fsp3) is 0.231. The second-order valence-corrected chi connectivity index (χ2v) is 5.75. The summed E-state index contributed by atoms with van der Waals surface area (Å²) in [6.07, 6.45) is 0. The molecule has 19 heavy (non-hydrogen) atoms. The normalized spacial score (nSPS) is 15.8. The van der Waals surface area contributed by atoms with Crippen molar-refractivity contribution in [2.75, 3.05) is 13.7 Å². The number of nitriles is 1. The highest BCUT2D eigenvalue weighted by molar-refractivity contribution is 9.09. The van der Waals surface area contributed by atoms with Crippen LogP contribution in [0.2, 0.25) is 0 Å². The van der Waals surface area contributed by atoms with E-state index >= 15 is 0 Å². The van der Waals surface area contributed by atoms with Gasteiger partial charge in [-0.2, -0.15) is 5.26 Å². The quantitative estimate of drug-likeness (QED) is 0.749. The van der Waals surface area contributed by atoms with Crippen molar-refractivity contribution in [1.82, 2.24) is 4.98 Å². The predicted octanol–water partition coefficient (Wildman–Crippen LogP) is 3.12. The first-order valence-corrected chi connectivity index (χ1v) is 7.24. The van der Waals surface area contributed by atoms with E-state index in [0.29, 0.717) is 11.6 Å². The van der Waals surface area contributed by atoms with Gasteiger partial charge in [0, 0.05) is 12.7 Å². The molecule has 1 N–H and O–H groups in total. The third kappa shape index (κ3) is 2.63. The Morgan fingerprint density at radius 3 is 2.95 bits per heavy atom. The molecule has 0 fully saturated rings. The van der Waals surface area contributed by atoms with Crippen molar-refractivity contribution in [2.45, 2.75) is 4.83 Å². The highest BCUT2D eigenvalue weighted by Crippen LogP contribution is 2.43. The van der Waals surface area contributed by atoms with Crippen molar-refractivity contribution in [3.63, 3.8) is 0 Å². The second kappa shape index (κ2) is 6.15. The number of ether oxygens (including phenoxy) is 1. The van der Waals surface area contributed by atoms with Gasteiger partial charge in [0.05, 0.1) is 15.4 Å². The molecule has 1 aliphatic rings. The lowest BCUT2D eigenvalue weighted by molar-refractivity contribution is 0.326. The average Bonchev–Trinajstić information content (AvgIpc) is 2.86. The Hall–Kier alpha value is -1.42. The maximum Gasteiger partial charge on any atom is 0.195 e. The number of rotatable bonds is 0. The first-order chi connectivity index (χ1) is 9.29. The zero-order chi connectivity index (χ0) is 13.8. The number of halogens is 1. The number of aliphatic hydroxyl groups is 1. The van der Waals surface area contributed by atoms with Gasteiger partial charge in [-0.25, -0.2) is 4.98 Å². The number of thiazole rings is 1. The van der Waals surface area contributed by atoms with E-state index in [4.69, 9.17) is 15.1 Å². The summed E-state index contributed by atoms with van der Waals surface area (Å²) < 4.78 is 5.71. The molecular weight excluding hydrogens is 328 g/mol. The second-order valence-electron chi connectivity index (χ2n) is 3.62. The van der Waals surface area contributed by atoms with Gasteiger partial charge in [0.15, 0.2) is 5.01 Å². The van der Waals surface area contributed by atoms with E-state index in [9.17, 15) is 0 Å². The van der Waals surface area contributed by atoms with Gasteiger partial charge in [-0.15, -0.1) is 11.3 Å². The van der Waals surface area contributed by atoms with E-state index < -0.39 is 0 Å². The molecule has 0 amide bonds. The molecule has 1 aromatic heterocycles. The molecular formula is C13H11BrN2O2S. The van der Waals surface area contributed by atoms with Crippen molar-refractivity contribution < 1.29 is 9.84 Å². The number of aromatic nitrogens is 1. The molecule has 6 heteroatoms. The standard InChI is InChI=1S/C12H7BrN2OS.CH4O/c13-8-6-16-9-4-2-1-3-7(9)11-12(8)17-10(5-14)15-11;1-2/h1-4,8H,6H2;2H,1H3. The lowest BCUT2D eigenvalue weighted by Gasteiger charge is -2.06. The van der Waals surface area contributed by atoms with Gasteiger partial charge in [-0.05, 0) is 12.1 Å². The number of nitrogens with zero attached hydrogens (tertiary/aromatic N) is 2. The summed E-state index contributed by atoms with van der Waals surface area (Å²) in [5.41, 5.74) is 1.82. The Labute approximate surface area is 123 Å². The summed E-state index contributed by atoms with van der Waals surface area (Å²) in [6.45, 7) is 0.553. The minimum atomic E-state index is 0.0875. The molecule has 1 aromatic carbocycles. The van der Waals surface area contributed by atoms with Crippen molar-refractivity contribution in [1.29, 1.82) is 5.26 Å². The smallest absolute Gasteiger partial charge is 0.195 e. The third-order valence-corrected chi connectivity index (χ3v) is 4.66. The number of para-hydroxylation sites is 1. The highest BCUT2D eigenvalue weighted by Gasteiger charge is 2.25. The summed E-state index contributed by atoms with van der Waals surface area (Å²) in [5.74, 6) is 0.825. The Balaban J connectivity index is 0.000000637. The van der Waals surface area contributed by atoms with E-state index in [-0.39, 0.29) is 4.83 Å². The number of hydrogen-bond acceptors (Lipinski definition) is 5. The SMILES string of the molecule is CO.N#Cc1nc2c(s1)C(Br)COc1ccccc1-2. The topological polar surface area (TPSA) is 66.1 Å². The molecule has 2 heterocycles. The van der Waals surface area contributed by atoms with E-state index in [1.807, 2.05) is 24.3 Å². The van der Waals surface area contributed by atoms with Crippen molar-refractivity contribution in [3.05, 3.63) is 34.2 Å². The monoisotopic (exact) mass is 338 g/mol. The van der Waals surface area contributed by atoms with Crippen LogP contribution in [0.15, 0.2) is 24.3 Å². The molecule has 0 saturated carbocycles. The molecule has 98 valence electrons. The first kappa shape index (κ1) is 14.0. The summed E-state index contributed by atoms with van der Waals surface area (Å²) in [4.78, 5) is 5.52. The van der Waals surface area contributed by atoms with E-state index in [0.717, 1.165) is 29.0 Å². The van der Waals surface area contributed by atoms with Crippen LogP contribution in [-0.2, 0) is 0 Å². The molecule has 0 bridgehead atoms. The average molecular weight is 339 g/mol. The first-order valence-electron chi connectivity index (χ1n) is 5.51. The lowest BCUT2D eigenvalue weighted by atomic mass is 10.1. The molecule has 4 nitrogen and oxygen atoms in total. The zero-order valence-corrected chi connectivity index (χ0v) is 12.5. The van der Waals surface area contributed by atoms with Crippen molar-refractivity contribution in [3.8, 4) is 23.1 Å². The molecule has 3 rings (SSSR count). The zero-order valence-electron chi connectivity index (χ0n) is 10.1. The number of alkyl halides is 1. The summed E-state index contributed by atoms with van der Waals surface area (Å²) in [6, 6.07) is 9.89. The molecule has 0 saturated heterocycles. The van der Waals surface area contributed by atoms with Crippen LogP contribution in [0.25, 0.3) is 11.3 Å². The largest absolute Gasteiger partial charge is 0.491 e. The van der Waals surface area contributed by atoms with E-state index in [1.165, 1.54) is 11.3 Å². The molecule has 0 spiro atoms. The van der Waals surface area contributed by atoms with Gasteiger partial charge < -0.3 is 9.84 Å². The van der Waals surface area contributed by atoms with Crippen LogP contribution in [0.4, 0.5) is 0 Å². The fourth-order valence-corrected chi connectivity index (χ4v) is 3.28. The van der Waals surface area contributed by atoms with Crippen LogP contribution in [0.5, 0.6) is 5.75 Å². The van der Waals surface area contributed by atoms with Crippen molar-refractivity contribution in [2.24, 2.45) is 0 Å². The fourth-order valence-electron chi connectivity index (χ4n) is 1.81. The predicted molar refractivity (Wildman–Crippen MR) is 77.6 cm³/mol. The number of aliphatic hydroxyl groups excluding tert-OH is 1. The Bertz CT molecular complexity index is 621. The van der Waals surface area contributed by atoms with Gasteiger partial charge in [-0.3, -0.25) is 0 Å². The van der Waals surface area contributed by atoms with Gasteiger partial charge in [0.1, 0.15) is 18.4 Å². The number of fused-ring (bicyclic) bond motifs is 3. The molecule has 0 aliphatic carbocycles. The summed E-state index contributed by atoms with van der Waals surface area (Å²) >= 11 is 5.00. The van der Waals surface area contributed by atoms with Gasteiger partial charge >= 0.3 is 0 Å². The Kier molecular flexibility index (Phi) is 4.53. The minimum Gasteiger partial charge on any atom is -0.491 e. The maximum atomic E-state index is 8.94. The van der Waals surface area contributed by atoms with E-state index in [1.54, 1.807) is 0 Å². The minimum absolute atomic E-state index is 0.0875. The van der Waals surface area contributed by atoms with Crippen LogP contribution in [-0.4, -0.2) is 23.8 Å². The summed E-state index contributed by atoms with van der Waals surface area (Å²) in [7, 11) is 1.00. The van der Waals surface area contributed by atoms with Crippen LogP contribution < -0.4 is 4.74 Å². The molecule has 1 aliphatic heterocycles. The Morgan fingerprint density at radius 1 is 1.47 bits per heavy atom. The molecule has 1 atom stereocenters. The maximum absolute atomic E-state index is 8.94. The van der Waals surface area contributed by atoms with Gasteiger partial charge in [-0.1, -0.05) is 28.1 Å². The molecule has 1 unspecified atom stereocenters. The molecule has 0 radical (unpaired) electrons. The lowest BCUT2D eigenvalue weighted by Crippen LogP contribution is -2.00. The van der Waals surface area contributed by atoms with Crippen LogP contribution in [0.1, 0.15) is 14.7 Å². The third-order valence-electron chi connectivity index (χ3n) is 2.56. The van der Waals surface area contributed by atoms with Gasteiger partial charge in [0.25, 0.3) is 0 Å². The van der Waals surface area contributed by atoms with E-state index in [2.05, 4.69) is 27.0 Å². The van der Waals surface area contributed by atoms with Crippen LogP contribution >= 0.6 is 27.3 Å². The highest BCUT2D eigenvalue weighted by atomic mass is 79.9. The summed E-state index contributed by atoms with van der Waals surface area (Å²) in [5, 5.41) is 16.4. The molecule has 2 aromatic rings.